The van der Waals surface area contributed by atoms with Crippen molar-refractivity contribution in [2.75, 3.05) is 12.4 Å². The summed E-state index contributed by atoms with van der Waals surface area (Å²) in [6, 6.07) is 6.05. The van der Waals surface area contributed by atoms with Crippen molar-refractivity contribution in [3.05, 3.63) is 51.2 Å². The van der Waals surface area contributed by atoms with Gasteiger partial charge in [-0.1, -0.05) is 11.6 Å². The number of rotatable bonds is 3. The third kappa shape index (κ3) is 3.68. The van der Waals surface area contributed by atoms with E-state index in [0.717, 1.165) is 10.9 Å². The van der Waals surface area contributed by atoms with Crippen LogP contribution in [0.3, 0.4) is 0 Å². The van der Waals surface area contributed by atoms with Gasteiger partial charge in [0.05, 0.1) is 16.6 Å². The van der Waals surface area contributed by atoms with E-state index in [4.69, 9.17) is 11.6 Å². The number of halogens is 3. The van der Waals surface area contributed by atoms with Crippen LogP contribution in [0.15, 0.2) is 30.3 Å². The van der Waals surface area contributed by atoms with Crippen molar-refractivity contribution >= 4 is 34.7 Å². The first-order valence-corrected chi connectivity index (χ1v) is 6.86. The summed E-state index contributed by atoms with van der Waals surface area (Å²) in [5.74, 6) is -1.51. The van der Waals surface area contributed by atoms with Gasteiger partial charge >= 0.3 is 6.03 Å². The minimum absolute atomic E-state index is 0.0625. The van der Waals surface area contributed by atoms with Gasteiger partial charge in [0.15, 0.2) is 0 Å². The van der Waals surface area contributed by atoms with Gasteiger partial charge in [-0.2, -0.15) is 0 Å². The van der Waals surface area contributed by atoms with E-state index >= 15 is 0 Å². The number of nitrogens with one attached hydrogen (secondary N) is 1. The van der Waals surface area contributed by atoms with Crippen molar-refractivity contribution in [1.82, 2.24) is 4.90 Å². The Bertz CT molecular complexity index is 633. The Morgan fingerprint density at radius 2 is 2.10 bits per heavy atom. The average Bonchev–Trinajstić information content (AvgIpc) is 2.78. The lowest BCUT2D eigenvalue weighted by Gasteiger charge is -2.17. The summed E-state index contributed by atoms with van der Waals surface area (Å²) >= 11 is 7.17. The van der Waals surface area contributed by atoms with Crippen LogP contribution < -0.4 is 5.32 Å². The summed E-state index contributed by atoms with van der Waals surface area (Å²) in [6.07, 6.45) is 0. The molecule has 0 saturated carbocycles. The molecule has 2 aromatic rings. The minimum atomic E-state index is -0.814. The first-order valence-electron chi connectivity index (χ1n) is 5.67. The second-order valence-corrected chi connectivity index (χ2v) is 5.92. The van der Waals surface area contributed by atoms with Gasteiger partial charge in [-0.15, -0.1) is 11.3 Å². The number of thiophene rings is 1. The summed E-state index contributed by atoms with van der Waals surface area (Å²) in [6.45, 7) is 0.353. The van der Waals surface area contributed by atoms with E-state index < -0.39 is 17.7 Å². The van der Waals surface area contributed by atoms with Crippen LogP contribution in [-0.2, 0) is 6.54 Å². The monoisotopic (exact) mass is 316 g/mol. The molecule has 20 heavy (non-hydrogen) atoms. The minimum Gasteiger partial charge on any atom is -0.322 e. The van der Waals surface area contributed by atoms with E-state index in [1.54, 1.807) is 13.1 Å². The molecular formula is C13H11ClF2N2OS. The lowest BCUT2D eigenvalue weighted by Crippen LogP contribution is -2.30. The molecule has 2 amide bonds. The maximum atomic E-state index is 13.4. The van der Waals surface area contributed by atoms with Gasteiger partial charge in [-0.25, -0.2) is 13.6 Å². The summed E-state index contributed by atoms with van der Waals surface area (Å²) in [4.78, 5) is 14.2. The molecule has 106 valence electrons. The Morgan fingerprint density at radius 3 is 2.70 bits per heavy atom. The van der Waals surface area contributed by atoms with Crippen LogP contribution in [0, 0.1) is 11.6 Å². The standard InChI is InChI=1S/C13H11ClF2N2OS/c1-18(7-9-3-5-12(14)20-9)13(19)17-11-4-2-8(15)6-10(11)16/h2-6H,7H2,1H3,(H,17,19). The van der Waals surface area contributed by atoms with Crippen LogP contribution in [0.5, 0.6) is 0 Å². The lowest BCUT2D eigenvalue weighted by atomic mass is 10.3. The fourth-order valence-corrected chi connectivity index (χ4v) is 2.68. The van der Waals surface area contributed by atoms with Crippen molar-refractivity contribution in [2.45, 2.75) is 6.54 Å². The molecule has 0 aliphatic carbocycles. The van der Waals surface area contributed by atoms with Crippen molar-refractivity contribution in [2.24, 2.45) is 0 Å². The molecule has 0 fully saturated rings. The molecule has 0 aliphatic heterocycles. The van der Waals surface area contributed by atoms with Gasteiger partial charge in [0.1, 0.15) is 11.6 Å². The SMILES string of the molecule is CN(Cc1ccc(Cl)s1)C(=O)Nc1ccc(F)cc1F. The van der Waals surface area contributed by atoms with Crippen LogP contribution in [0.4, 0.5) is 19.3 Å². The highest BCUT2D eigenvalue weighted by atomic mass is 35.5. The fourth-order valence-electron chi connectivity index (χ4n) is 1.54. The van der Waals surface area contributed by atoms with Crippen LogP contribution >= 0.6 is 22.9 Å². The number of amides is 2. The first-order chi connectivity index (χ1) is 9.45. The molecule has 0 radical (unpaired) electrons. The highest BCUT2D eigenvalue weighted by Gasteiger charge is 2.13. The Morgan fingerprint density at radius 1 is 1.35 bits per heavy atom. The van der Waals surface area contributed by atoms with Crippen molar-refractivity contribution in [3.8, 4) is 0 Å². The molecule has 3 nitrogen and oxygen atoms in total. The smallest absolute Gasteiger partial charge is 0.321 e. The third-order valence-electron chi connectivity index (χ3n) is 2.54. The molecule has 7 heteroatoms. The van der Waals surface area contributed by atoms with Gasteiger partial charge < -0.3 is 10.2 Å². The predicted octanol–water partition coefficient (Wildman–Crippen LogP) is 4.34. The number of benzene rings is 1. The van der Waals surface area contributed by atoms with E-state index in [1.807, 2.05) is 6.07 Å². The number of urea groups is 1. The summed E-state index contributed by atoms with van der Waals surface area (Å²) in [5.41, 5.74) is -0.0625. The zero-order chi connectivity index (χ0) is 14.7. The number of hydrogen-bond donors (Lipinski definition) is 1. The van der Waals surface area contributed by atoms with Gasteiger partial charge in [0.2, 0.25) is 0 Å². The molecule has 0 bridgehead atoms. The second kappa shape index (κ2) is 6.19. The van der Waals surface area contributed by atoms with Gasteiger partial charge in [-0.3, -0.25) is 0 Å². The highest BCUT2D eigenvalue weighted by Crippen LogP contribution is 2.22. The zero-order valence-electron chi connectivity index (χ0n) is 10.5. The highest BCUT2D eigenvalue weighted by molar-refractivity contribution is 7.16. The van der Waals surface area contributed by atoms with E-state index in [-0.39, 0.29) is 5.69 Å². The maximum Gasteiger partial charge on any atom is 0.321 e. The quantitative estimate of drug-likeness (QED) is 0.897. The first kappa shape index (κ1) is 14.7. The normalized spacial score (nSPS) is 10.4. The molecule has 0 spiro atoms. The van der Waals surface area contributed by atoms with Crippen LogP contribution in [0.2, 0.25) is 4.34 Å². The molecule has 1 aromatic carbocycles. The summed E-state index contributed by atoms with van der Waals surface area (Å²) < 4.78 is 26.8. The Labute approximate surface area is 123 Å². The second-order valence-electron chi connectivity index (χ2n) is 4.12. The summed E-state index contributed by atoms with van der Waals surface area (Å²) in [5, 5.41) is 2.38. The van der Waals surface area contributed by atoms with Crippen LogP contribution in [0.1, 0.15) is 4.88 Å². The lowest BCUT2D eigenvalue weighted by molar-refractivity contribution is 0.221. The van der Waals surface area contributed by atoms with E-state index in [1.165, 1.54) is 22.3 Å². The number of anilines is 1. The van der Waals surface area contributed by atoms with Crippen molar-refractivity contribution in [3.63, 3.8) is 0 Å². The number of hydrogen-bond acceptors (Lipinski definition) is 2. The van der Waals surface area contributed by atoms with E-state index in [2.05, 4.69) is 5.32 Å². The van der Waals surface area contributed by atoms with Gasteiger partial charge in [-0.05, 0) is 24.3 Å². The van der Waals surface area contributed by atoms with E-state index in [0.29, 0.717) is 16.9 Å². The molecule has 0 unspecified atom stereocenters. The number of carbonyl (C=O) groups excluding carboxylic acids is 1. The zero-order valence-corrected chi connectivity index (χ0v) is 12.1. The third-order valence-corrected chi connectivity index (χ3v) is 3.76. The maximum absolute atomic E-state index is 13.4. The number of carbonyl (C=O) groups is 1. The van der Waals surface area contributed by atoms with E-state index in [9.17, 15) is 13.6 Å². The van der Waals surface area contributed by atoms with Crippen molar-refractivity contribution in [1.29, 1.82) is 0 Å². The molecule has 0 saturated heterocycles. The molecule has 0 atom stereocenters. The molecular weight excluding hydrogens is 306 g/mol. The summed E-state index contributed by atoms with van der Waals surface area (Å²) in [7, 11) is 1.57. The topological polar surface area (TPSA) is 32.3 Å². The Kier molecular flexibility index (Phi) is 4.57. The molecule has 1 aromatic heterocycles. The average molecular weight is 317 g/mol. The largest absolute Gasteiger partial charge is 0.322 e. The predicted molar refractivity (Wildman–Crippen MR) is 76.2 cm³/mol. The molecule has 0 aliphatic rings. The van der Waals surface area contributed by atoms with Crippen molar-refractivity contribution < 1.29 is 13.6 Å². The molecule has 2 rings (SSSR count). The molecule has 1 N–H and O–H groups in total. The van der Waals surface area contributed by atoms with Gasteiger partial charge in [0, 0.05) is 18.0 Å². The Balaban J connectivity index is 2.00. The molecule has 1 heterocycles. The van der Waals surface area contributed by atoms with Crippen LogP contribution in [0.25, 0.3) is 0 Å². The van der Waals surface area contributed by atoms with Gasteiger partial charge in [0.25, 0.3) is 0 Å². The van der Waals surface area contributed by atoms with Crippen LogP contribution in [-0.4, -0.2) is 18.0 Å². The Hall–Kier alpha value is -1.66. The fraction of sp³-hybridized carbons (Fsp3) is 0.154. The number of nitrogens with zero attached hydrogens (tertiary/aromatic N) is 1.